The van der Waals surface area contributed by atoms with Gasteiger partial charge in [0.15, 0.2) is 0 Å². The number of rotatable bonds is 10. The fraction of sp³-hybridized carbons (Fsp3) is 0.485. The minimum absolute atomic E-state index is 0.431. The van der Waals surface area contributed by atoms with E-state index >= 15 is 0 Å². The number of pyridine rings is 1. The first-order chi connectivity index (χ1) is 17.8. The van der Waals surface area contributed by atoms with Crippen LogP contribution in [0.4, 0.5) is 5.69 Å². The van der Waals surface area contributed by atoms with Gasteiger partial charge in [-0.15, -0.1) is 0 Å². The Morgan fingerprint density at radius 2 is 1.54 bits per heavy atom. The average Bonchev–Trinajstić information content (AvgIpc) is 2.89. The van der Waals surface area contributed by atoms with Crippen molar-refractivity contribution >= 4 is 5.69 Å². The van der Waals surface area contributed by atoms with Gasteiger partial charge in [-0.05, 0) is 85.9 Å². The lowest BCUT2D eigenvalue weighted by atomic mass is 9.82. The van der Waals surface area contributed by atoms with Gasteiger partial charge < -0.3 is 15.0 Å². The molecule has 4 heteroatoms. The van der Waals surface area contributed by atoms with Gasteiger partial charge in [0.2, 0.25) is 0 Å². The van der Waals surface area contributed by atoms with Crippen molar-refractivity contribution in [2.75, 3.05) is 31.6 Å². The summed E-state index contributed by atoms with van der Waals surface area (Å²) in [5.74, 6) is 0.907. The summed E-state index contributed by atoms with van der Waals surface area (Å²) >= 11 is 0. The SMILES string of the molecule is CCCc1c(C)nc(C)c(-c2ccc(CNCCc3ccc(OC)cc3)cc2)c1N1CCC(C)(C)CC1. The predicted octanol–water partition coefficient (Wildman–Crippen LogP) is 7.29. The molecule has 1 saturated heterocycles. The minimum Gasteiger partial charge on any atom is -0.497 e. The van der Waals surface area contributed by atoms with Crippen molar-refractivity contribution in [2.45, 2.75) is 73.3 Å². The highest BCUT2D eigenvalue weighted by Crippen LogP contribution is 2.41. The lowest BCUT2D eigenvalue weighted by Gasteiger charge is -2.40. The van der Waals surface area contributed by atoms with Crippen molar-refractivity contribution in [2.24, 2.45) is 5.41 Å². The Morgan fingerprint density at radius 3 is 2.16 bits per heavy atom. The van der Waals surface area contributed by atoms with E-state index in [-0.39, 0.29) is 0 Å². The van der Waals surface area contributed by atoms with Gasteiger partial charge in [0.05, 0.1) is 12.8 Å². The van der Waals surface area contributed by atoms with Crippen LogP contribution in [0.5, 0.6) is 5.75 Å². The number of piperidine rings is 1. The first kappa shape index (κ1) is 27.2. The Kier molecular flexibility index (Phi) is 8.91. The third-order valence-electron chi connectivity index (χ3n) is 7.91. The van der Waals surface area contributed by atoms with Gasteiger partial charge >= 0.3 is 0 Å². The van der Waals surface area contributed by atoms with E-state index in [1.807, 2.05) is 12.1 Å². The number of nitrogens with one attached hydrogen (secondary N) is 1. The molecule has 1 aliphatic heterocycles. The Morgan fingerprint density at radius 1 is 0.892 bits per heavy atom. The number of ether oxygens (including phenoxy) is 1. The van der Waals surface area contributed by atoms with E-state index < -0.39 is 0 Å². The van der Waals surface area contributed by atoms with Crippen LogP contribution >= 0.6 is 0 Å². The van der Waals surface area contributed by atoms with E-state index in [1.54, 1.807) is 7.11 Å². The maximum Gasteiger partial charge on any atom is 0.118 e. The van der Waals surface area contributed by atoms with Crippen molar-refractivity contribution in [1.29, 1.82) is 0 Å². The first-order valence-corrected chi connectivity index (χ1v) is 14.0. The van der Waals surface area contributed by atoms with E-state index in [2.05, 4.69) is 81.2 Å². The molecule has 1 fully saturated rings. The lowest BCUT2D eigenvalue weighted by molar-refractivity contribution is 0.279. The number of methoxy groups -OCH3 is 1. The monoisotopic (exact) mass is 499 g/mol. The van der Waals surface area contributed by atoms with Crippen molar-refractivity contribution in [3.05, 3.63) is 76.6 Å². The van der Waals surface area contributed by atoms with Gasteiger partial charge in [-0.25, -0.2) is 0 Å². The summed E-state index contributed by atoms with van der Waals surface area (Å²) in [6, 6.07) is 17.5. The topological polar surface area (TPSA) is 37.4 Å². The number of hydrogen-bond donors (Lipinski definition) is 1. The molecule has 4 nitrogen and oxygen atoms in total. The van der Waals surface area contributed by atoms with Crippen molar-refractivity contribution in [3.8, 4) is 16.9 Å². The number of aromatic nitrogens is 1. The van der Waals surface area contributed by atoms with Gasteiger partial charge in [0, 0.05) is 36.6 Å². The molecule has 4 rings (SSSR count). The highest BCUT2D eigenvalue weighted by Gasteiger charge is 2.29. The van der Waals surface area contributed by atoms with E-state index in [0.717, 1.165) is 56.9 Å². The van der Waals surface area contributed by atoms with Crippen molar-refractivity contribution in [3.63, 3.8) is 0 Å². The van der Waals surface area contributed by atoms with E-state index in [1.165, 1.54) is 52.0 Å². The van der Waals surface area contributed by atoms with Crippen molar-refractivity contribution in [1.82, 2.24) is 10.3 Å². The molecule has 198 valence electrons. The second kappa shape index (κ2) is 12.1. The highest BCUT2D eigenvalue weighted by atomic mass is 16.5. The normalized spacial score (nSPS) is 15.1. The first-order valence-electron chi connectivity index (χ1n) is 14.0. The number of anilines is 1. The van der Waals surface area contributed by atoms with Gasteiger partial charge in [0.1, 0.15) is 5.75 Å². The van der Waals surface area contributed by atoms with Gasteiger partial charge in [-0.2, -0.15) is 0 Å². The molecule has 37 heavy (non-hydrogen) atoms. The number of benzene rings is 2. The predicted molar refractivity (Wildman–Crippen MR) is 157 cm³/mol. The Balaban J connectivity index is 1.50. The molecule has 2 heterocycles. The summed E-state index contributed by atoms with van der Waals surface area (Å²) in [6.07, 6.45) is 5.70. The molecule has 0 aliphatic carbocycles. The summed E-state index contributed by atoms with van der Waals surface area (Å²) in [5, 5.41) is 3.60. The van der Waals surface area contributed by atoms with Crippen molar-refractivity contribution < 1.29 is 4.74 Å². The van der Waals surface area contributed by atoms with Gasteiger partial charge in [-0.1, -0.05) is 63.6 Å². The van der Waals surface area contributed by atoms with Crippen LogP contribution in [0.25, 0.3) is 11.1 Å². The number of hydrogen-bond acceptors (Lipinski definition) is 4. The number of nitrogens with zero attached hydrogens (tertiary/aromatic N) is 2. The Labute approximate surface area is 224 Å². The minimum atomic E-state index is 0.431. The molecule has 0 atom stereocenters. The lowest BCUT2D eigenvalue weighted by Crippen LogP contribution is -2.38. The maximum atomic E-state index is 5.25. The van der Waals surface area contributed by atoms with Crippen LogP contribution in [0.2, 0.25) is 0 Å². The van der Waals surface area contributed by atoms with Crippen LogP contribution in [-0.4, -0.2) is 31.7 Å². The largest absolute Gasteiger partial charge is 0.497 e. The smallest absolute Gasteiger partial charge is 0.118 e. The molecule has 2 aromatic carbocycles. The molecule has 0 saturated carbocycles. The Bertz CT molecular complexity index is 1160. The van der Waals surface area contributed by atoms with Crippen LogP contribution in [0.3, 0.4) is 0 Å². The fourth-order valence-corrected chi connectivity index (χ4v) is 5.49. The average molecular weight is 500 g/mol. The maximum absolute atomic E-state index is 5.25. The van der Waals surface area contributed by atoms with E-state index in [9.17, 15) is 0 Å². The third kappa shape index (κ3) is 6.73. The van der Waals surface area contributed by atoms with E-state index in [4.69, 9.17) is 9.72 Å². The summed E-state index contributed by atoms with van der Waals surface area (Å²) < 4.78 is 5.25. The zero-order valence-electron chi connectivity index (χ0n) is 23.8. The van der Waals surface area contributed by atoms with Crippen LogP contribution in [0, 0.1) is 19.3 Å². The molecule has 0 spiro atoms. The fourth-order valence-electron chi connectivity index (χ4n) is 5.49. The zero-order valence-corrected chi connectivity index (χ0v) is 23.8. The van der Waals surface area contributed by atoms with Crippen LogP contribution in [0.1, 0.15) is 68.1 Å². The third-order valence-corrected chi connectivity index (χ3v) is 7.91. The molecule has 1 aromatic heterocycles. The van der Waals surface area contributed by atoms with E-state index in [0.29, 0.717) is 5.41 Å². The summed E-state index contributed by atoms with van der Waals surface area (Å²) in [6.45, 7) is 15.5. The molecule has 1 N–H and O–H groups in total. The highest BCUT2D eigenvalue weighted by molar-refractivity contribution is 5.83. The molecule has 0 bridgehead atoms. The van der Waals surface area contributed by atoms with Gasteiger partial charge in [-0.3, -0.25) is 4.98 Å². The van der Waals surface area contributed by atoms with Crippen LogP contribution in [-0.2, 0) is 19.4 Å². The zero-order chi connectivity index (χ0) is 26.4. The summed E-state index contributed by atoms with van der Waals surface area (Å²) in [7, 11) is 1.71. The molecule has 0 radical (unpaired) electrons. The molecule has 3 aromatic rings. The molecular formula is C33H45N3O. The van der Waals surface area contributed by atoms with Crippen LogP contribution < -0.4 is 15.0 Å². The summed E-state index contributed by atoms with van der Waals surface area (Å²) in [4.78, 5) is 7.68. The second-order valence-corrected chi connectivity index (χ2v) is 11.4. The molecular weight excluding hydrogens is 454 g/mol. The van der Waals surface area contributed by atoms with Crippen LogP contribution in [0.15, 0.2) is 48.5 Å². The van der Waals surface area contributed by atoms with Gasteiger partial charge in [0.25, 0.3) is 0 Å². The quantitative estimate of drug-likeness (QED) is 0.297. The molecule has 1 aliphatic rings. The Hall–Kier alpha value is -2.85. The molecule has 0 unspecified atom stereocenters. The standard InChI is InChI=1S/C33H45N3O/c1-7-8-30-24(2)35-25(3)31(32(30)36-21-18-33(4,5)19-22-36)28-13-9-27(10-14-28)23-34-20-17-26-11-15-29(37-6)16-12-26/h9-16,34H,7-8,17-23H2,1-6H3. The summed E-state index contributed by atoms with van der Waals surface area (Å²) in [5.41, 5.74) is 10.9. The second-order valence-electron chi connectivity index (χ2n) is 11.4. The number of aryl methyl sites for hydroxylation is 2. The molecule has 0 amide bonds.